The minimum absolute atomic E-state index is 0.0341. The van der Waals surface area contributed by atoms with Gasteiger partial charge in [-0.05, 0) is 47.2 Å². The number of hydrogen-bond acceptors (Lipinski definition) is 2. The van der Waals surface area contributed by atoms with Crippen LogP contribution in [0.3, 0.4) is 0 Å². The van der Waals surface area contributed by atoms with E-state index in [-0.39, 0.29) is 17.8 Å². The molecule has 1 aliphatic rings. The Morgan fingerprint density at radius 3 is 2.25 bits per heavy atom. The van der Waals surface area contributed by atoms with Crippen LogP contribution in [0.4, 0.5) is 0 Å². The van der Waals surface area contributed by atoms with E-state index >= 15 is 0 Å². The second-order valence-corrected chi connectivity index (χ2v) is 9.41. The number of nitrogens with one attached hydrogen (secondary N) is 1. The molecule has 1 aromatic heterocycles. The predicted octanol–water partition coefficient (Wildman–Crippen LogP) is 7.26. The SMILES string of the molecule is COc1ccc2c(c1)[C@H](c1ccccc1)c1c([nH]c3ccccc13)C(C(C)C)(C(C)C)O2. The van der Waals surface area contributed by atoms with Crippen LogP contribution in [-0.4, -0.2) is 12.1 Å². The van der Waals surface area contributed by atoms with E-state index < -0.39 is 5.60 Å². The van der Waals surface area contributed by atoms with Gasteiger partial charge < -0.3 is 14.5 Å². The van der Waals surface area contributed by atoms with Crippen LogP contribution in [0.5, 0.6) is 11.5 Å². The zero-order valence-electron chi connectivity index (χ0n) is 19.5. The molecule has 1 N–H and O–H groups in total. The van der Waals surface area contributed by atoms with Crippen LogP contribution in [0.25, 0.3) is 10.9 Å². The lowest BCUT2D eigenvalue weighted by molar-refractivity contribution is -0.0295. The van der Waals surface area contributed by atoms with Crippen molar-refractivity contribution >= 4 is 10.9 Å². The molecule has 2 heterocycles. The highest BCUT2D eigenvalue weighted by atomic mass is 16.5. The van der Waals surface area contributed by atoms with Crippen LogP contribution in [-0.2, 0) is 5.60 Å². The molecule has 0 spiro atoms. The third-order valence-corrected chi connectivity index (χ3v) is 7.08. The quantitative estimate of drug-likeness (QED) is 0.373. The summed E-state index contributed by atoms with van der Waals surface area (Å²) in [5.74, 6) is 2.33. The fourth-order valence-electron chi connectivity index (χ4n) is 5.60. The summed E-state index contributed by atoms with van der Waals surface area (Å²) in [6, 6.07) is 25.6. The van der Waals surface area contributed by atoms with Crippen LogP contribution < -0.4 is 9.47 Å². The monoisotopic (exact) mass is 425 g/mol. The fraction of sp³-hybridized carbons (Fsp3) is 0.310. The molecule has 0 saturated carbocycles. The molecule has 3 nitrogen and oxygen atoms in total. The molecule has 4 aromatic rings. The van der Waals surface area contributed by atoms with Crippen molar-refractivity contribution in [3.8, 4) is 11.5 Å². The molecule has 3 aromatic carbocycles. The van der Waals surface area contributed by atoms with Crippen LogP contribution in [0.15, 0.2) is 72.8 Å². The molecule has 5 rings (SSSR count). The highest BCUT2D eigenvalue weighted by Gasteiger charge is 2.48. The zero-order valence-corrected chi connectivity index (χ0v) is 19.5. The third-order valence-electron chi connectivity index (χ3n) is 7.08. The Morgan fingerprint density at radius 2 is 1.56 bits per heavy atom. The minimum atomic E-state index is -0.485. The molecule has 0 aliphatic carbocycles. The van der Waals surface area contributed by atoms with Gasteiger partial charge in [-0.1, -0.05) is 76.2 Å². The average molecular weight is 426 g/mol. The molecular formula is C29H31NO2. The van der Waals surface area contributed by atoms with Crippen molar-refractivity contribution in [1.29, 1.82) is 0 Å². The van der Waals surface area contributed by atoms with Crippen molar-refractivity contribution in [2.75, 3.05) is 7.11 Å². The fourth-order valence-corrected chi connectivity index (χ4v) is 5.60. The maximum absolute atomic E-state index is 7.09. The van der Waals surface area contributed by atoms with Gasteiger partial charge in [0.15, 0.2) is 5.60 Å². The summed E-state index contributed by atoms with van der Waals surface area (Å²) in [4.78, 5) is 3.82. The largest absolute Gasteiger partial charge is 0.497 e. The van der Waals surface area contributed by atoms with Crippen molar-refractivity contribution in [1.82, 2.24) is 4.98 Å². The smallest absolute Gasteiger partial charge is 0.153 e. The van der Waals surface area contributed by atoms with E-state index in [0.717, 1.165) is 22.6 Å². The molecule has 0 bridgehead atoms. The van der Waals surface area contributed by atoms with Crippen molar-refractivity contribution in [3.63, 3.8) is 0 Å². The maximum Gasteiger partial charge on any atom is 0.153 e. The Labute approximate surface area is 190 Å². The summed E-state index contributed by atoms with van der Waals surface area (Å²) in [7, 11) is 1.72. The average Bonchev–Trinajstić information content (AvgIpc) is 3.12. The van der Waals surface area contributed by atoms with Crippen molar-refractivity contribution in [2.45, 2.75) is 39.2 Å². The Morgan fingerprint density at radius 1 is 0.875 bits per heavy atom. The summed E-state index contributed by atoms with van der Waals surface area (Å²) in [6.45, 7) is 9.06. The molecule has 0 unspecified atom stereocenters. The number of aromatic nitrogens is 1. The second-order valence-electron chi connectivity index (χ2n) is 9.41. The van der Waals surface area contributed by atoms with Gasteiger partial charge in [-0.3, -0.25) is 0 Å². The summed E-state index contributed by atoms with van der Waals surface area (Å²) in [5, 5.41) is 1.25. The Hall–Kier alpha value is -3.20. The van der Waals surface area contributed by atoms with E-state index in [4.69, 9.17) is 9.47 Å². The standard InChI is InChI=1S/C29H31NO2/c1-18(2)29(19(3)4)28-27(22-13-9-10-14-24(22)30-28)26(20-11-7-6-8-12-20)23-17-21(31-5)15-16-25(23)32-29/h6-19,26,30H,1-5H3/t26-/m0/s1. The number of fused-ring (bicyclic) bond motifs is 4. The lowest BCUT2D eigenvalue weighted by Crippen LogP contribution is -2.44. The van der Waals surface area contributed by atoms with Gasteiger partial charge in [-0.2, -0.15) is 0 Å². The Kier molecular flexibility index (Phi) is 5.00. The van der Waals surface area contributed by atoms with Gasteiger partial charge in [0.2, 0.25) is 0 Å². The van der Waals surface area contributed by atoms with E-state index in [1.165, 1.54) is 22.2 Å². The molecule has 0 amide bonds. The lowest BCUT2D eigenvalue weighted by Gasteiger charge is -2.41. The van der Waals surface area contributed by atoms with E-state index in [2.05, 4.69) is 99.4 Å². The van der Waals surface area contributed by atoms with Gasteiger partial charge in [0.05, 0.1) is 12.8 Å². The van der Waals surface area contributed by atoms with E-state index in [1.807, 2.05) is 6.07 Å². The zero-order chi connectivity index (χ0) is 22.5. The molecule has 0 radical (unpaired) electrons. The van der Waals surface area contributed by atoms with Gasteiger partial charge >= 0.3 is 0 Å². The van der Waals surface area contributed by atoms with Crippen LogP contribution in [0.2, 0.25) is 0 Å². The highest BCUT2D eigenvalue weighted by Crippen LogP contribution is 2.53. The molecule has 32 heavy (non-hydrogen) atoms. The molecule has 164 valence electrons. The normalized spacial score (nSPS) is 17.0. The molecule has 1 atom stereocenters. The minimum Gasteiger partial charge on any atom is -0.497 e. The first-order valence-corrected chi connectivity index (χ1v) is 11.5. The number of H-pyrrole nitrogens is 1. The number of rotatable bonds is 4. The number of benzene rings is 3. The first-order valence-electron chi connectivity index (χ1n) is 11.5. The van der Waals surface area contributed by atoms with Gasteiger partial charge in [-0.15, -0.1) is 0 Å². The molecule has 3 heteroatoms. The number of ether oxygens (including phenoxy) is 2. The third kappa shape index (κ3) is 2.95. The van der Waals surface area contributed by atoms with E-state index in [9.17, 15) is 0 Å². The number of methoxy groups -OCH3 is 1. The summed E-state index contributed by atoms with van der Waals surface area (Å²) >= 11 is 0. The lowest BCUT2D eigenvalue weighted by atomic mass is 9.74. The van der Waals surface area contributed by atoms with Gasteiger partial charge in [0.1, 0.15) is 11.5 Å². The summed E-state index contributed by atoms with van der Waals surface area (Å²) in [6.07, 6.45) is 0. The van der Waals surface area contributed by atoms with Crippen molar-refractivity contribution in [2.24, 2.45) is 11.8 Å². The first kappa shape index (κ1) is 20.7. The van der Waals surface area contributed by atoms with Crippen molar-refractivity contribution < 1.29 is 9.47 Å². The van der Waals surface area contributed by atoms with Crippen molar-refractivity contribution in [3.05, 3.63) is 95.2 Å². The number of aromatic amines is 1. The second kappa shape index (κ2) is 7.74. The van der Waals surface area contributed by atoms with E-state index in [1.54, 1.807) is 7.11 Å². The summed E-state index contributed by atoms with van der Waals surface area (Å²) in [5.41, 5.74) is 5.55. The van der Waals surface area contributed by atoms with E-state index in [0.29, 0.717) is 0 Å². The number of hydrogen-bond donors (Lipinski definition) is 1. The highest BCUT2D eigenvalue weighted by molar-refractivity contribution is 5.87. The number of para-hydroxylation sites is 1. The maximum atomic E-state index is 7.09. The van der Waals surface area contributed by atoms with Crippen LogP contribution in [0.1, 0.15) is 56.0 Å². The van der Waals surface area contributed by atoms with Crippen LogP contribution >= 0.6 is 0 Å². The Bertz CT molecular complexity index is 1240. The predicted molar refractivity (Wildman–Crippen MR) is 131 cm³/mol. The molecular weight excluding hydrogens is 394 g/mol. The van der Waals surface area contributed by atoms with Gasteiger partial charge in [-0.25, -0.2) is 0 Å². The molecule has 1 aliphatic heterocycles. The Balaban J connectivity index is 1.95. The topological polar surface area (TPSA) is 34.2 Å². The van der Waals surface area contributed by atoms with Crippen LogP contribution in [0, 0.1) is 11.8 Å². The molecule has 0 saturated heterocycles. The first-order chi connectivity index (χ1) is 15.5. The van der Waals surface area contributed by atoms with Gasteiger partial charge in [0, 0.05) is 22.4 Å². The summed E-state index contributed by atoms with van der Waals surface area (Å²) < 4.78 is 12.7. The van der Waals surface area contributed by atoms with Gasteiger partial charge in [0.25, 0.3) is 0 Å². The molecule has 0 fully saturated rings.